The third kappa shape index (κ3) is 23.6. The minimum Gasteiger partial charge on any atom is -0.756 e. The second-order valence-electron chi connectivity index (χ2n) is 22.8. The highest BCUT2D eigenvalue weighted by molar-refractivity contribution is 7.59. The minimum absolute atomic E-state index is 0. The summed E-state index contributed by atoms with van der Waals surface area (Å²) in [4.78, 5) is 113. The summed E-state index contributed by atoms with van der Waals surface area (Å²) in [6.07, 6.45) is -12.8. The maximum atomic E-state index is 15.0. The van der Waals surface area contributed by atoms with E-state index in [9.17, 15) is 85.7 Å². The van der Waals surface area contributed by atoms with Gasteiger partial charge in [-0.3, -0.25) is 37.4 Å². The second-order valence-corrected chi connectivity index (χ2v) is 25.6. The molecule has 0 aliphatic carbocycles. The Morgan fingerprint density at radius 3 is 1.39 bits per heavy atom. The predicted octanol–water partition coefficient (Wildman–Crippen LogP) is 0.466. The van der Waals surface area contributed by atoms with E-state index in [-0.39, 0.29) is 74.8 Å². The number of aliphatic hydroxyl groups is 4. The molecule has 6 heterocycles. The smallest absolute Gasteiger partial charge is 0.403 e. The molecule has 564 valence electrons. The number of phosphoric ester groups is 1. The number of fused-ring (bicyclic) bond motifs is 2. The molecule has 2 saturated heterocycles. The zero-order valence-electron chi connectivity index (χ0n) is 56.8. The number of aliphatic hydroxyl groups excluding tert-OH is 4. The Morgan fingerprint density at radius 2 is 1.08 bits per heavy atom. The largest absolute Gasteiger partial charge is 0.756 e. The SMILES string of the molecule is CC[NH+](CC)CC.COc1cc(CO)c2oc(COC(=O)Cc3ccn(C4O[C@H](COP(=O)(O)N[C@@H](C)C(=O)N(C)C)[C@@H](O)C4(F)F)c(=O)n3)cc2c1.COc1cc(CO)c2oc(COC(=O)Cc3ccn([C@@H]4O[C@H](COP(=O)([O-])O)[C@@H](O)C4(F)F)c(=O)n3)cc2c1.C[C@H](N)C(=O)N(C)C.S. The highest BCUT2D eigenvalue weighted by Gasteiger charge is 2.61. The van der Waals surface area contributed by atoms with Gasteiger partial charge in [0.1, 0.15) is 59.6 Å². The number of amides is 2. The van der Waals surface area contributed by atoms with E-state index in [1.54, 1.807) is 62.3 Å². The van der Waals surface area contributed by atoms with E-state index in [0.717, 1.165) is 29.4 Å². The molecule has 2 aliphatic heterocycles. The molecule has 2 fully saturated rings. The van der Waals surface area contributed by atoms with Crippen LogP contribution < -0.4 is 41.5 Å². The van der Waals surface area contributed by atoms with E-state index in [0.29, 0.717) is 53.7 Å². The van der Waals surface area contributed by atoms with Gasteiger partial charge in [0.05, 0.1) is 96.6 Å². The third-order valence-electron chi connectivity index (χ3n) is 15.0. The molecule has 8 rings (SSSR count). The number of nitrogens with one attached hydrogen (secondary N) is 2. The second kappa shape index (κ2) is 37.8. The van der Waals surface area contributed by atoms with E-state index >= 15 is 0 Å². The summed E-state index contributed by atoms with van der Waals surface area (Å²) in [6, 6.07) is 10.4. The fourth-order valence-corrected chi connectivity index (χ4v) is 11.1. The quantitative estimate of drug-likeness (QED) is 0.0192. The number of phosphoric acid groups is 1. The van der Waals surface area contributed by atoms with Crippen molar-refractivity contribution in [1.82, 2.24) is 34.0 Å². The first-order valence-electron chi connectivity index (χ1n) is 30.5. The van der Waals surface area contributed by atoms with Crippen molar-refractivity contribution in [2.45, 2.75) is 135 Å². The molecule has 2 aromatic carbocycles. The van der Waals surface area contributed by atoms with Crippen LogP contribution in [0.4, 0.5) is 17.6 Å². The number of ether oxygens (including phenoxy) is 6. The zero-order valence-corrected chi connectivity index (χ0v) is 59.6. The van der Waals surface area contributed by atoms with Crippen molar-refractivity contribution < 1.29 is 132 Å². The molecule has 6 aromatic rings. The van der Waals surface area contributed by atoms with E-state index in [4.69, 9.17) is 52.4 Å². The first-order chi connectivity index (χ1) is 46.8. The highest BCUT2D eigenvalue weighted by atomic mass is 32.1. The molecule has 34 nitrogen and oxygen atoms in total. The number of rotatable bonds is 27. The molecule has 0 bridgehead atoms. The molecule has 2 amide bonds. The number of carbonyl (C=O) groups excluding carboxylic acids is 4. The van der Waals surface area contributed by atoms with Crippen LogP contribution in [0.5, 0.6) is 11.5 Å². The summed E-state index contributed by atoms with van der Waals surface area (Å²) in [7, 11) is -0.844. The van der Waals surface area contributed by atoms with Gasteiger partial charge in [-0.25, -0.2) is 19.2 Å². The number of esters is 2. The highest BCUT2D eigenvalue weighted by Crippen LogP contribution is 2.46. The minimum atomic E-state index is -5.28. The third-order valence-corrected chi connectivity index (χ3v) is 16.7. The number of furan rings is 2. The molecule has 0 radical (unpaired) electrons. The van der Waals surface area contributed by atoms with Gasteiger partial charge in [0.15, 0.2) is 12.2 Å². The summed E-state index contributed by atoms with van der Waals surface area (Å²) in [5.74, 6) is -8.84. The zero-order chi connectivity index (χ0) is 74.9. The van der Waals surface area contributed by atoms with Crippen LogP contribution in [0.15, 0.2) is 79.3 Å². The van der Waals surface area contributed by atoms with Gasteiger partial charge in [-0.2, -0.15) is 41.0 Å². The number of nitrogens with zero attached hydrogens (tertiary/aromatic N) is 6. The summed E-state index contributed by atoms with van der Waals surface area (Å²) in [5, 5.41) is 42.4. The van der Waals surface area contributed by atoms with Crippen molar-refractivity contribution in [3.8, 4) is 11.5 Å². The number of hydrogen-bond donors (Lipinski definition) is 9. The number of methoxy groups -OCH3 is 2. The van der Waals surface area contributed by atoms with Gasteiger partial charge in [-0.05, 0) is 83.1 Å². The molecular weight excluding hydrogens is 1420 g/mol. The Morgan fingerprint density at radius 1 is 0.693 bits per heavy atom. The average molecular weight is 1500 g/mol. The van der Waals surface area contributed by atoms with Crippen LogP contribution in [-0.4, -0.2) is 206 Å². The maximum absolute atomic E-state index is 15.0. The van der Waals surface area contributed by atoms with Crippen LogP contribution in [0.25, 0.3) is 21.9 Å². The van der Waals surface area contributed by atoms with Gasteiger partial charge in [0.2, 0.25) is 24.3 Å². The van der Waals surface area contributed by atoms with Crippen LogP contribution in [-0.2, 0) is 95.6 Å². The van der Waals surface area contributed by atoms with Crippen molar-refractivity contribution >= 4 is 74.8 Å². The fraction of sp³-hybridized carbons (Fsp3) is 0.533. The van der Waals surface area contributed by atoms with Crippen molar-refractivity contribution in [3.63, 3.8) is 0 Å². The summed E-state index contributed by atoms with van der Waals surface area (Å²) in [6.45, 7) is 10.1. The topological polar surface area (TPSA) is 466 Å². The lowest BCUT2D eigenvalue weighted by molar-refractivity contribution is -0.894. The number of halogens is 4. The van der Waals surface area contributed by atoms with E-state index in [2.05, 4.69) is 40.4 Å². The van der Waals surface area contributed by atoms with Crippen molar-refractivity contribution in [2.75, 3.05) is 75.3 Å². The summed E-state index contributed by atoms with van der Waals surface area (Å²) in [5.41, 5.74) is 4.23. The molecule has 10 atom stereocenters. The van der Waals surface area contributed by atoms with E-state index < -0.39 is 126 Å². The molecule has 2 aliphatic rings. The van der Waals surface area contributed by atoms with Crippen LogP contribution >= 0.6 is 29.1 Å². The Kier molecular flexibility index (Phi) is 32.2. The molecule has 4 aromatic heterocycles. The number of aromatic nitrogens is 4. The van der Waals surface area contributed by atoms with Gasteiger partial charge >= 0.3 is 42.9 Å². The molecule has 0 saturated carbocycles. The van der Waals surface area contributed by atoms with E-state index in [1.165, 1.54) is 59.8 Å². The Balaban J connectivity index is 0.000000355. The summed E-state index contributed by atoms with van der Waals surface area (Å²) < 4.78 is 134. The summed E-state index contributed by atoms with van der Waals surface area (Å²) >= 11 is 0. The normalized spacial score (nSPS) is 19.9. The van der Waals surface area contributed by atoms with Gasteiger partial charge in [-0.1, -0.05) is 0 Å². The first-order valence-corrected chi connectivity index (χ1v) is 33.6. The molecular formula is C60H85F4N9O25P2S. The first kappa shape index (κ1) is 86.1. The average Bonchev–Trinajstić information content (AvgIpc) is 1.65. The van der Waals surface area contributed by atoms with Gasteiger partial charge in [0.25, 0.3) is 7.82 Å². The van der Waals surface area contributed by atoms with Crippen molar-refractivity contribution in [2.24, 2.45) is 5.73 Å². The number of likely N-dealkylation sites (N-methyl/N-ethyl adjacent to an activating group) is 2. The molecule has 41 heteroatoms. The van der Waals surface area contributed by atoms with Crippen LogP contribution in [0, 0.1) is 0 Å². The Bertz CT molecular complexity index is 3970. The van der Waals surface area contributed by atoms with Gasteiger partial charge in [-0.15, -0.1) is 0 Å². The lowest BCUT2D eigenvalue weighted by Crippen LogP contribution is -3.11. The molecule has 3 unspecified atom stereocenters. The predicted molar refractivity (Wildman–Crippen MR) is 349 cm³/mol. The standard InChI is InChI=1S/C27H33F2N4O12P.C22H23F2N2O12P.C6H15N.C5H12N2O.H2S/c1-14(24(37)32(2)3)31-46(39,40)43-13-20-23(36)27(28,29)25(45-20)33-6-5-17(30-26(33)38)10-21(35)42-12-19-8-15-7-18(41-4)9-16(11-34)22(15)44-19;1-34-14-4-11-5-15(37-18(11)12(6-14)8-27)9-35-17(28)7-13-2-3-26(21(30)25-13)20-22(23,24)19(29)16(38-20)10-36-39(31,32)33;1-4-7(5-2)6-3;1-4(6)5(8)7(2)3;/h5-9,14,20,23,25,34,36H,10-13H2,1-4H3,(H2,31,39,40);2-6,16,19-20,27,29H,7-10H2,1H3,(H2,31,32,33);4-6H2,1-3H3;4H,6H2,1-3H3;1H2/t14-,20+,23+,25?;16-,19-,20-;;4-;/m01.0./s1. The Labute approximate surface area is 582 Å². The van der Waals surface area contributed by atoms with Crippen LogP contribution in [0.1, 0.15) is 81.1 Å². The molecule has 10 N–H and O–H groups in total. The van der Waals surface area contributed by atoms with Crippen LogP contribution in [0.2, 0.25) is 0 Å². The van der Waals surface area contributed by atoms with Crippen molar-refractivity contribution in [1.29, 1.82) is 0 Å². The maximum Gasteiger partial charge on any atom is 0.403 e. The van der Waals surface area contributed by atoms with E-state index in [1.807, 2.05) is 0 Å². The number of hydrogen-bond acceptors (Lipinski definition) is 26. The van der Waals surface area contributed by atoms with Crippen LogP contribution in [0.3, 0.4) is 0 Å². The number of benzene rings is 2. The number of alkyl halides is 4. The molecule has 0 spiro atoms. The van der Waals surface area contributed by atoms with Gasteiger partial charge < -0.3 is 97.3 Å². The van der Waals surface area contributed by atoms with Crippen molar-refractivity contribution in [3.05, 3.63) is 116 Å². The number of nitrogens with two attached hydrogens (primary N) is 1. The number of quaternary nitrogens is 1. The lowest BCUT2D eigenvalue weighted by atomic mass is 10.1. The lowest BCUT2D eigenvalue weighted by Gasteiger charge is -2.22. The molecule has 101 heavy (non-hydrogen) atoms. The Hall–Kier alpha value is -7.27. The fourth-order valence-electron chi connectivity index (χ4n) is 9.70. The monoisotopic (exact) mass is 1500 g/mol. The number of carbonyl (C=O) groups is 4. The van der Waals surface area contributed by atoms with Gasteiger partial charge in [0, 0.05) is 62.5 Å².